The van der Waals surface area contributed by atoms with Gasteiger partial charge in [-0.2, -0.15) is 4.31 Å². The number of rotatable bonds is 6. The van der Waals surface area contributed by atoms with E-state index in [2.05, 4.69) is 11.8 Å². The maximum Gasteiger partial charge on any atom is 0.244 e. The molecule has 0 bridgehead atoms. The van der Waals surface area contributed by atoms with Crippen molar-refractivity contribution < 1.29 is 18.6 Å². The molecule has 0 saturated carbocycles. The highest BCUT2D eigenvalue weighted by atomic mass is 32.2. The van der Waals surface area contributed by atoms with Crippen molar-refractivity contribution >= 4 is 10.0 Å². The van der Waals surface area contributed by atoms with Crippen molar-refractivity contribution in [2.24, 2.45) is 0 Å². The van der Waals surface area contributed by atoms with Crippen LogP contribution < -0.4 is 0 Å². The third-order valence-electron chi connectivity index (χ3n) is 2.88. The lowest BCUT2D eigenvalue weighted by Gasteiger charge is -2.21. The summed E-state index contributed by atoms with van der Waals surface area (Å²) in [5, 5.41) is 17.9. The first kappa shape index (κ1) is 17.7. The topological polar surface area (TPSA) is 77.8 Å². The Morgan fingerprint density at radius 1 is 1.24 bits per heavy atom. The van der Waals surface area contributed by atoms with Gasteiger partial charge >= 0.3 is 0 Å². The zero-order valence-electron chi connectivity index (χ0n) is 12.3. The Labute approximate surface area is 126 Å². The summed E-state index contributed by atoms with van der Waals surface area (Å²) in [6.07, 6.45) is 0.655. The van der Waals surface area contributed by atoms with E-state index in [1.54, 1.807) is 12.1 Å². The van der Waals surface area contributed by atoms with Crippen LogP contribution in [0.4, 0.5) is 0 Å². The lowest BCUT2D eigenvalue weighted by atomic mass is 10.1. The number of aryl methyl sites for hydroxylation is 1. The Hall–Kier alpha value is -1.39. The van der Waals surface area contributed by atoms with Gasteiger partial charge in [0.25, 0.3) is 0 Å². The summed E-state index contributed by atoms with van der Waals surface area (Å²) in [7, 11) is -3.71. The summed E-state index contributed by atoms with van der Waals surface area (Å²) in [6.45, 7) is 3.55. The van der Waals surface area contributed by atoms with E-state index >= 15 is 0 Å². The minimum atomic E-state index is -3.71. The fourth-order valence-electron chi connectivity index (χ4n) is 1.95. The molecule has 1 aromatic rings. The molecular formula is C15H21NO4S. The van der Waals surface area contributed by atoms with Crippen molar-refractivity contribution in [1.82, 2.24) is 4.31 Å². The van der Waals surface area contributed by atoms with Crippen molar-refractivity contribution in [3.8, 4) is 11.8 Å². The largest absolute Gasteiger partial charge is 0.395 e. The predicted molar refractivity (Wildman–Crippen MR) is 81.3 cm³/mol. The molecule has 0 heterocycles. The molecule has 6 heteroatoms. The van der Waals surface area contributed by atoms with Crippen LogP contribution in [0.15, 0.2) is 23.1 Å². The summed E-state index contributed by atoms with van der Waals surface area (Å²) in [6, 6.07) is 4.91. The van der Waals surface area contributed by atoms with Gasteiger partial charge in [-0.1, -0.05) is 24.8 Å². The quantitative estimate of drug-likeness (QED) is 0.759. The molecule has 0 saturated heterocycles. The maximum absolute atomic E-state index is 12.7. The van der Waals surface area contributed by atoms with Gasteiger partial charge in [0, 0.05) is 18.7 Å². The van der Waals surface area contributed by atoms with E-state index in [1.807, 2.05) is 13.8 Å². The average Bonchev–Trinajstić information content (AvgIpc) is 2.44. The zero-order chi connectivity index (χ0) is 15.9. The summed E-state index contributed by atoms with van der Waals surface area (Å²) in [4.78, 5) is 0.107. The molecule has 1 rings (SSSR count). The standard InChI is InChI=1S/C15H21NO4S/c1-3-8-16(9-11-18)21(19,20)15-7-6-13(2)12-14(15)5-4-10-17/h6-7,12,17-18H,3,8-11H2,1-2H3. The number of hydrogen-bond donors (Lipinski definition) is 2. The summed E-state index contributed by atoms with van der Waals surface area (Å²) >= 11 is 0. The first-order valence-electron chi connectivity index (χ1n) is 6.78. The van der Waals surface area contributed by atoms with E-state index in [0.717, 1.165) is 5.56 Å². The highest BCUT2D eigenvalue weighted by molar-refractivity contribution is 7.89. The fraction of sp³-hybridized carbons (Fsp3) is 0.467. The molecule has 0 unspecified atom stereocenters. The second-order valence-electron chi connectivity index (χ2n) is 4.59. The Morgan fingerprint density at radius 2 is 1.95 bits per heavy atom. The number of nitrogens with zero attached hydrogens (tertiary/aromatic N) is 1. The molecule has 0 amide bonds. The number of hydrogen-bond acceptors (Lipinski definition) is 4. The third kappa shape index (κ3) is 4.55. The SMILES string of the molecule is CCCN(CCO)S(=O)(=O)c1ccc(C)cc1C#CCO. The molecule has 0 aliphatic rings. The van der Waals surface area contributed by atoms with Gasteiger partial charge < -0.3 is 10.2 Å². The summed E-state index contributed by atoms with van der Waals surface area (Å²) in [5.74, 6) is 5.16. The van der Waals surface area contributed by atoms with Gasteiger partial charge in [-0.15, -0.1) is 0 Å². The molecule has 0 spiro atoms. The van der Waals surface area contributed by atoms with Crippen molar-refractivity contribution in [3.05, 3.63) is 29.3 Å². The van der Waals surface area contributed by atoms with Crippen molar-refractivity contribution in [3.63, 3.8) is 0 Å². The van der Waals surface area contributed by atoms with Crippen LogP contribution in [-0.4, -0.2) is 49.2 Å². The molecule has 0 aromatic heterocycles. The number of aliphatic hydroxyl groups excluding tert-OH is 2. The fourth-order valence-corrected chi connectivity index (χ4v) is 3.60. The van der Waals surface area contributed by atoms with Crippen LogP contribution >= 0.6 is 0 Å². The van der Waals surface area contributed by atoms with E-state index in [-0.39, 0.29) is 24.7 Å². The molecule has 1 aromatic carbocycles. The molecule has 0 aliphatic heterocycles. The lowest BCUT2D eigenvalue weighted by Crippen LogP contribution is -2.34. The summed E-state index contributed by atoms with van der Waals surface area (Å²) in [5.41, 5.74) is 1.25. The zero-order valence-corrected chi connectivity index (χ0v) is 13.2. The molecule has 0 radical (unpaired) electrons. The van der Waals surface area contributed by atoms with Gasteiger partial charge in [-0.25, -0.2) is 8.42 Å². The first-order valence-corrected chi connectivity index (χ1v) is 8.22. The molecule has 0 fully saturated rings. The predicted octanol–water partition coefficient (Wildman–Crippen LogP) is 0.732. The van der Waals surface area contributed by atoms with E-state index in [1.165, 1.54) is 10.4 Å². The molecule has 2 N–H and O–H groups in total. The second kappa shape index (κ2) is 8.15. The normalized spacial score (nSPS) is 11.3. The highest BCUT2D eigenvalue weighted by Gasteiger charge is 2.25. The van der Waals surface area contributed by atoms with Gasteiger partial charge in [-0.05, 0) is 31.0 Å². The lowest BCUT2D eigenvalue weighted by molar-refractivity contribution is 0.253. The minimum absolute atomic E-state index is 0.0525. The number of benzene rings is 1. The van der Waals surface area contributed by atoms with Gasteiger partial charge in [0.2, 0.25) is 10.0 Å². The van der Waals surface area contributed by atoms with E-state index in [9.17, 15) is 8.42 Å². The van der Waals surface area contributed by atoms with Crippen LogP contribution in [0.25, 0.3) is 0 Å². The molecule has 21 heavy (non-hydrogen) atoms. The third-order valence-corrected chi connectivity index (χ3v) is 4.83. The Bertz CT molecular complexity index is 623. The minimum Gasteiger partial charge on any atom is -0.395 e. The number of aliphatic hydroxyl groups is 2. The number of sulfonamides is 1. The van der Waals surface area contributed by atoms with Crippen LogP contribution in [0.5, 0.6) is 0 Å². The molecule has 0 aliphatic carbocycles. The smallest absolute Gasteiger partial charge is 0.244 e. The maximum atomic E-state index is 12.7. The van der Waals surface area contributed by atoms with Crippen LogP contribution in [-0.2, 0) is 10.0 Å². The van der Waals surface area contributed by atoms with E-state index in [4.69, 9.17) is 10.2 Å². The average molecular weight is 311 g/mol. The van der Waals surface area contributed by atoms with Crippen molar-refractivity contribution in [2.75, 3.05) is 26.3 Å². The van der Waals surface area contributed by atoms with Crippen LogP contribution in [0.2, 0.25) is 0 Å². The van der Waals surface area contributed by atoms with Crippen LogP contribution in [0.3, 0.4) is 0 Å². The van der Waals surface area contributed by atoms with E-state index < -0.39 is 10.0 Å². The van der Waals surface area contributed by atoms with Crippen molar-refractivity contribution in [1.29, 1.82) is 0 Å². The van der Waals surface area contributed by atoms with Crippen LogP contribution in [0.1, 0.15) is 24.5 Å². The van der Waals surface area contributed by atoms with Gasteiger partial charge in [-0.3, -0.25) is 0 Å². The Morgan fingerprint density at radius 3 is 2.52 bits per heavy atom. The Kier molecular flexibility index (Phi) is 6.85. The van der Waals surface area contributed by atoms with Gasteiger partial charge in [0.15, 0.2) is 0 Å². The molecule has 5 nitrogen and oxygen atoms in total. The monoisotopic (exact) mass is 311 g/mol. The second-order valence-corrected chi connectivity index (χ2v) is 6.49. The first-order chi connectivity index (χ1) is 9.97. The molecular weight excluding hydrogens is 290 g/mol. The highest BCUT2D eigenvalue weighted by Crippen LogP contribution is 2.21. The Balaban J connectivity index is 3.35. The summed E-state index contributed by atoms with van der Waals surface area (Å²) < 4.78 is 26.6. The van der Waals surface area contributed by atoms with Gasteiger partial charge in [0.1, 0.15) is 6.61 Å². The van der Waals surface area contributed by atoms with E-state index in [0.29, 0.717) is 18.5 Å². The molecule has 116 valence electrons. The molecule has 0 atom stereocenters. The van der Waals surface area contributed by atoms with Crippen LogP contribution in [0, 0.1) is 18.8 Å². The van der Waals surface area contributed by atoms with Gasteiger partial charge in [0.05, 0.1) is 11.5 Å². The van der Waals surface area contributed by atoms with Crippen molar-refractivity contribution in [2.45, 2.75) is 25.2 Å².